The van der Waals surface area contributed by atoms with Gasteiger partial charge in [-0.3, -0.25) is 29.3 Å². The minimum atomic E-state index is -2.36. The molecule has 0 radical (unpaired) electrons. The summed E-state index contributed by atoms with van der Waals surface area (Å²) in [7, 11) is 0. The molecule has 15 atom stereocenters. The van der Waals surface area contributed by atoms with Crippen LogP contribution in [-0.2, 0) is 59.0 Å². The Kier molecular flexibility index (Phi) is 21.2. The van der Waals surface area contributed by atoms with Crippen molar-refractivity contribution in [3.8, 4) is 11.8 Å². The van der Waals surface area contributed by atoms with Crippen molar-refractivity contribution in [3.05, 3.63) is 53.6 Å². The number of fused-ring (bicyclic) bond motifs is 8. The van der Waals surface area contributed by atoms with Crippen LogP contribution in [0.3, 0.4) is 0 Å². The van der Waals surface area contributed by atoms with Crippen LogP contribution in [0.25, 0.3) is 0 Å². The Labute approximate surface area is 494 Å². The van der Waals surface area contributed by atoms with Crippen LogP contribution in [0.5, 0.6) is 0 Å². The largest absolute Gasteiger partial charge is 0.449 e. The van der Waals surface area contributed by atoms with E-state index in [-0.39, 0.29) is 82.9 Å². The fraction of sp³-hybridized carbons (Fsp3) is 0.672. The fourth-order valence-electron chi connectivity index (χ4n) is 14.2. The molecule has 1 aromatic carbocycles. The van der Waals surface area contributed by atoms with Crippen molar-refractivity contribution in [2.24, 2.45) is 52.1 Å². The number of nitrogens with one attached hydrogen (secondary N) is 6. The van der Waals surface area contributed by atoms with Crippen molar-refractivity contribution >= 4 is 53.2 Å². The number of carbonyl (C=O) groups is 8. The number of aliphatic hydroxyl groups is 1. The van der Waals surface area contributed by atoms with Crippen LogP contribution in [0.15, 0.2) is 48.1 Å². The first-order valence-corrected chi connectivity index (χ1v) is 29.8. The summed E-state index contributed by atoms with van der Waals surface area (Å²) in [6.45, 7) is 8.27. The first kappa shape index (κ1) is 64.5. The normalized spacial score (nSPS) is 31.8. The number of urea groups is 1. The number of amides is 7. The molecule has 1 saturated heterocycles. The van der Waals surface area contributed by atoms with Crippen molar-refractivity contribution in [1.29, 1.82) is 0 Å². The lowest BCUT2D eigenvalue weighted by atomic mass is 9.44. The Morgan fingerprint density at radius 3 is 2.31 bits per heavy atom. The molecule has 7 aliphatic rings. The van der Waals surface area contributed by atoms with Crippen LogP contribution in [0, 0.1) is 58.2 Å². The number of anilines is 1. The number of rotatable bonds is 27. The highest BCUT2D eigenvalue weighted by molar-refractivity contribution is 6.01. The molecule has 0 spiro atoms. The number of hydrogen-bond donors (Lipinski definition) is 8. The number of ketones is 2. The molecule has 4 saturated carbocycles. The van der Waals surface area contributed by atoms with Gasteiger partial charge < -0.3 is 65.8 Å². The quantitative estimate of drug-likeness (QED) is 0.0317. The van der Waals surface area contributed by atoms with Gasteiger partial charge in [0, 0.05) is 54.8 Å². The van der Waals surface area contributed by atoms with Gasteiger partial charge in [-0.1, -0.05) is 52.3 Å². The smallest absolute Gasteiger partial charge is 0.409 e. The lowest BCUT2D eigenvalue weighted by molar-refractivity contribution is -0.235. The Morgan fingerprint density at radius 1 is 0.894 bits per heavy atom. The van der Waals surface area contributed by atoms with E-state index in [0.717, 1.165) is 31.8 Å². The molecule has 1 heterocycles. The number of aliphatic hydroxyl groups excluding tert-OH is 1. The van der Waals surface area contributed by atoms with Gasteiger partial charge in [-0.2, -0.15) is 0 Å². The van der Waals surface area contributed by atoms with Crippen molar-refractivity contribution in [2.75, 3.05) is 51.6 Å². The maximum absolute atomic E-state index is 17.9. The molecule has 24 heteroatoms. The second-order valence-electron chi connectivity index (χ2n) is 24.2. The van der Waals surface area contributed by atoms with E-state index in [0.29, 0.717) is 48.5 Å². The van der Waals surface area contributed by atoms with Gasteiger partial charge in [-0.15, -0.1) is 11.8 Å². The van der Waals surface area contributed by atoms with Crippen molar-refractivity contribution in [1.82, 2.24) is 26.6 Å². The molecule has 7 amide bonds. The van der Waals surface area contributed by atoms with E-state index < -0.39 is 132 Å². The molecule has 466 valence electrons. The predicted octanol–water partition coefficient (Wildman–Crippen LogP) is 5.25. The Balaban J connectivity index is 0.770. The van der Waals surface area contributed by atoms with Gasteiger partial charge >= 0.3 is 18.2 Å². The van der Waals surface area contributed by atoms with Gasteiger partial charge in [0.1, 0.15) is 38.2 Å². The highest BCUT2D eigenvalue weighted by atomic mass is 19.1. The number of hydrogen-bond acceptors (Lipinski definition) is 15. The molecule has 8 rings (SSSR count). The van der Waals surface area contributed by atoms with Gasteiger partial charge in [-0.05, 0) is 123 Å². The van der Waals surface area contributed by atoms with Gasteiger partial charge in [0.25, 0.3) is 0 Å². The number of alkyl halides is 2. The van der Waals surface area contributed by atoms with Crippen LogP contribution >= 0.6 is 0 Å². The molecule has 6 aliphatic carbocycles. The summed E-state index contributed by atoms with van der Waals surface area (Å²) in [5.74, 6) is 3.06. The van der Waals surface area contributed by atoms with E-state index in [2.05, 4.69) is 43.7 Å². The van der Waals surface area contributed by atoms with Gasteiger partial charge in [-0.25, -0.2) is 23.2 Å². The summed E-state index contributed by atoms with van der Waals surface area (Å²) in [6, 6.07) is 3.41. The average molecular weight is 1190 g/mol. The zero-order valence-corrected chi connectivity index (χ0v) is 49.1. The number of ether oxygens (including phenoxy) is 6. The van der Waals surface area contributed by atoms with Crippen LogP contribution in [-0.4, -0.2) is 147 Å². The summed E-state index contributed by atoms with van der Waals surface area (Å²) in [4.78, 5) is 104. The number of nitrogens with two attached hydrogens (primary N) is 1. The van der Waals surface area contributed by atoms with Crippen molar-refractivity contribution < 1.29 is 80.7 Å². The number of halogens is 2. The minimum Gasteiger partial charge on any atom is -0.449 e. The first-order valence-electron chi connectivity index (χ1n) is 29.8. The maximum atomic E-state index is 17.9. The van der Waals surface area contributed by atoms with Gasteiger partial charge in [0.2, 0.25) is 17.7 Å². The van der Waals surface area contributed by atoms with E-state index in [9.17, 15) is 43.5 Å². The topological polar surface area (TPSA) is 310 Å². The molecule has 0 aromatic heterocycles. The van der Waals surface area contributed by atoms with Crippen LogP contribution in [0.1, 0.15) is 117 Å². The van der Waals surface area contributed by atoms with Crippen LogP contribution < -0.4 is 37.6 Å². The fourth-order valence-corrected chi connectivity index (χ4v) is 14.2. The lowest BCUT2D eigenvalue weighted by Crippen LogP contribution is -2.71. The van der Waals surface area contributed by atoms with E-state index in [1.54, 1.807) is 45.0 Å². The molecular weight excluding hydrogens is 1110 g/mol. The number of alkyl carbamates (subject to hydrolysis) is 2. The summed E-state index contributed by atoms with van der Waals surface area (Å²) < 4.78 is 68.9. The van der Waals surface area contributed by atoms with Gasteiger partial charge in [0.05, 0.1) is 32.0 Å². The number of allylic oxidation sites excluding steroid dienone is 4. The monoisotopic (exact) mass is 1190 g/mol. The minimum absolute atomic E-state index is 0.00648. The molecule has 0 bridgehead atoms. The Morgan fingerprint density at radius 2 is 1.61 bits per heavy atom. The average Bonchev–Trinajstić information content (AvgIpc) is 1.61. The molecule has 85 heavy (non-hydrogen) atoms. The standard InChI is InChI=1S/C61H83F2N7O15/c1-6-12-51-84-49-29-42-43-28-45(62)44-27-38(71)20-22-58(44,4)60(43,63)47(72)30-59(42,5)61(49,85-51)48(73)33-81-34-67-57(79)82-31-36-16-18-37(19-17-36)68-53(75)46(15-11-23-65-55(64)77)69-54(76)52(35(2)3)70-50(74)21-25-80-26-24-66-56(78)83-32-41-39-13-9-7-8-10-14-40(39)41/h16-20,22,27,35,39-43,45-47,49,51-52,72H,6,9-15,21,23-26,28-34H2,1-5H3,(H,66,78)(H,67,79)(H,68,75)(H,69,76)(H,70,74)(H3,64,65,77)/t39-,40+,41?,42?,43-,45-,46-,47-,49+,51?,52-,58-,59-,60-,61+/m0/s1. The first-order chi connectivity index (χ1) is 40.6. The Hall–Kier alpha value is -6.52. The summed E-state index contributed by atoms with van der Waals surface area (Å²) in [6.07, 6.45) is 2.17. The lowest BCUT2D eigenvalue weighted by Gasteiger charge is -2.63. The number of Topliss-reactive ketones (excluding diaryl/α,β-unsaturated/α-hetero) is 1. The third kappa shape index (κ3) is 14.2. The molecule has 9 N–H and O–H groups in total. The maximum Gasteiger partial charge on any atom is 0.409 e. The van der Waals surface area contributed by atoms with Crippen molar-refractivity contribution in [3.63, 3.8) is 0 Å². The summed E-state index contributed by atoms with van der Waals surface area (Å²) in [5.41, 5.74) is -0.801. The molecule has 5 fully saturated rings. The number of primary amides is 1. The molecule has 1 aliphatic heterocycles. The highest BCUT2D eigenvalue weighted by Gasteiger charge is 2.80. The summed E-state index contributed by atoms with van der Waals surface area (Å²) in [5, 5.41) is 27.7. The van der Waals surface area contributed by atoms with Crippen molar-refractivity contribution in [2.45, 2.75) is 166 Å². The number of benzene rings is 1. The Bertz CT molecular complexity index is 2760. The SMILES string of the molecule is CCCC1O[C@@H]2CC3[C@@H]4C[C@H](F)C5=CC(=O)C=C[C@]5(C)[C@@]4(F)[C@@H](O)C[C@]3(C)[C@]2(C(=O)COCNC(=O)OCc2ccc(NC(=O)[C@H](CCCNC(N)=O)NC(=O)[C@@H](NC(=O)CCOCCNC(=O)OCC3[C@H]4CCC#CCC[C@@H]34)C(C)C)cc2)O1. The molecular formula is C61H83F2N7O15. The highest BCUT2D eigenvalue weighted by Crippen LogP contribution is 2.72. The third-order valence-corrected chi connectivity index (χ3v) is 18.6. The second kappa shape index (κ2) is 27.9. The molecule has 1 aromatic rings. The van der Waals surface area contributed by atoms with E-state index >= 15 is 8.78 Å². The van der Waals surface area contributed by atoms with E-state index in [1.807, 2.05) is 6.92 Å². The van der Waals surface area contributed by atoms with E-state index in [1.165, 1.54) is 19.1 Å². The third-order valence-electron chi connectivity index (χ3n) is 18.6. The summed E-state index contributed by atoms with van der Waals surface area (Å²) >= 11 is 0. The second-order valence-corrected chi connectivity index (χ2v) is 24.2. The van der Waals surface area contributed by atoms with Gasteiger partial charge in [0.15, 0.2) is 29.1 Å². The zero-order valence-electron chi connectivity index (χ0n) is 49.1. The molecule has 3 unspecified atom stereocenters. The molecule has 22 nitrogen and oxygen atoms in total. The van der Waals surface area contributed by atoms with Crippen LogP contribution in [0.2, 0.25) is 0 Å². The zero-order chi connectivity index (χ0) is 61.3. The predicted molar refractivity (Wildman–Crippen MR) is 303 cm³/mol. The van der Waals surface area contributed by atoms with Crippen LogP contribution in [0.4, 0.5) is 28.9 Å². The number of carbonyl (C=O) groups excluding carboxylic acids is 8. The van der Waals surface area contributed by atoms with E-state index in [4.69, 9.17) is 34.2 Å².